The van der Waals surface area contributed by atoms with Gasteiger partial charge in [-0.05, 0) is 56.5 Å². The van der Waals surface area contributed by atoms with Crippen LogP contribution in [0.4, 0.5) is 0 Å². The molecule has 0 radical (unpaired) electrons. The summed E-state index contributed by atoms with van der Waals surface area (Å²) in [5.41, 5.74) is 5.65. The Bertz CT molecular complexity index is 644. The van der Waals surface area contributed by atoms with Crippen LogP contribution < -0.4 is 0 Å². The second kappa shape index (κ2) is 6.27. The van der Waals surface area contributed by atoms with Gasteiger partial charge in [-0.1, -0.05) is 29.8 Å². The van der Waals surface area contributed by atoms with Crippen LogP contribution in [0.3, 0.4) is 0 Å². The van der Waals surface area contributed by atoms with Crippen LogP contribution >= 0.6 is 11.8 Å². The molecule has 0 amide bonds. The predicted molar refractivity (Wildman–Crippen MR) is 86.9 cm³/mol. The lowest BCUT2D eigenvalue weighted by Crippen LogP contribution is -2.06. The lowest BCUT2D eigenvalue weighted by Gasteiger charge is -2.10. The summed E-state index contributed by atoms with van der Waals surface area (Å²) in [6, 6.07) is 12.3. The molecular weight excluding hydrogens is 264 g/mol. The molecule has 2 rings (SSSR count). The Hall–Kier alpha value is -1.54. The SMILES string of the molecule is Cc1cccc(SCC(=O)c2ccc(C)c(C)c2C)c1. The van der Waals surface area contributed by atoms with Gasteiger partial charge in [0.1, 0.15) is 0 Å². The molecule has 0 aromatic heterocycles. The molecule has 0 saturated heterocycles. The van der Waals surface area contributed by atoms with Gasteiger partial charge in [-0.2, -0.15) is 0 Å². The Kier molecular flexibility index (Phi) is 4.66. The molecule has 0 spiro atoms. The lowest BCUT2D eigenvalue weighted by molar-refractivity contribution is 0.102. The summed E-state index contributed by atoms with van der Waals surface area (Å²) in [6.45, 7) is 8.26. The highest BCUT2D eigenvalue weighted by molar-refractivity contribution is 8.00. The van der Waals surface area contributed by atoms with E-state index in [4.69, 9.17) is 0 Å². The standard InChI is InChI=1S/C18H20OS/c1-12-6-5-7-16(10-12)20-11-18(19)17-9-8-13(2)14(3)15(17)4/h5-10H,11H2,1-4H3. The summed E-state index contributed by atoms with van der Waals surface area (Å²) in [5, 5.41) is 0. The van der Waals surface area contributed by atoms with Crippen molar-refractivity contribution in [1.82, 2.24) is 0 Å². The van der Waals surface area contributed by atoms with Gasteiger partial charge in [0.05, 0.1) is 5.75 Å². The molecule has 2 aromatic carbocycles. The smallest absolute Gasteiger partial charge is 0.173 e. The van der Waals surface area contributed by atoms with Crippen LogP contribution in [0, 0.1) is 27.7 Å². The maximum Gasteiger partial charge on any atom is 0.173 e. The van der Waals surface area contributed by atoms with Crippen LogP contribution in [0.2, 0.25) is 0 Å². The molecule has 0 bridgehead atoms. The highest BCUT2D eigenvalue weighted by Gasteiger charge is 2.12. The predicted octanol–water partition coefficient (Wildman–Crippen LogP) is 4.90. The molecule has 0 aliphatic rings. The third-order valence-electron chi connectivity index (χ3n) is 3.72. The van der Waals surface area contributed by atoms with Gasteiger partial charge >= 0.3 is 0 Å². The first-order valence-electron chi connectivity index (χ1n) is 6.78. The van der Waals surface area contributed by atoms with E-state index >= 15 is 0 Å². The molecule has 0 heterocycles. The monoisotopic (exact) mass is 284 g/mol. The molecule has 2 aromatic rings. The van der Waals surface area contributed by atoms with Crippen LogP contribution in [-0.2, 0) is 0 Å². The van der Waals surface area contributed by atoms with Crippen LogP contribution in [0.25, 0.3) is 0 Å². The fraction of sp³-hybridized carbons (Fsp3) is 0.278. The van der Waals surface area contributed by atoms with Crippen LogP contribution in [0.1, 0.15) is 32.6 Å². The molecule has 0 N–H and O–H groups in total. The van der Waals surface area contributed by atoms with E-state index in [9.17, 15) is 4.79 Å². The maximum atomic E-state index is 12.4. The maximum absolute atomic E-state index is 12.4. The van der Waals surface area contributed by atoms with Crippen molar-refractivity contribution in [2.24, 2.45) is 0 Å². The first kappa shape index (κ1) is 14.9. The molecule has 0 atom stereocenters. The summed E-state index contributed by atoms with van der Waals surface area (Å²) >= 11 is 1.61. The van der Waals surface area contributed by atoms with E-state index < -0.39 is 0 Å². The molecule has 0 aliphatic heterocycles. The largest absolute Gasteiger partial charge is 0.293 e. The van der Waals surface area contributed by atoms with Crippen molar-refractivity contribution < 1.29 is 4.79 Å². The number of carbonyl (C=O) groups excluding carboxylic acids is 1. The zero-order chi connectivity index (χ0) is 14.7. The van der Waals surface area contributed by atoms with Gasteiger partial charge in [-0.3, -0.25) is 4.79 Å². The molecule has 104 valence electrons. The number of rotatable bonds is 4. The van der Waals surface area contributed by atoms with Gasteiger partial charge in [0.15, 0.2) is 5.78 Å². The van der Waals surface area contributed by atoms with E-state index in [-0.39, 0.29) is 5.78 Å². The van der Waals surface area contributed by atoms with Crippen LogP contribution in [0.15, 0.2) is 41.3 Å². The van der Waals surface area contributed by atoms with Crippen molar-refractivity contribution in [3.63, 3.8) is 0 Å². The van der Waals surface area contributed by atoms with Crippen LogP contribution in [0.5, 0.6) is 0 Å². The van der Waals surface area contributed by atoms with Gasteiger partial charge < -0.3 is 0 Å². The third-order valence-corrected chi connectivity index (χ3v) is 4.71. The van der Waals surface area contributed by atoms with Gasteiger partial charge in [0.25, 0.3) is 0 Å². The Balaban J connectivity index is 2.11. The topological polar surface area (TPSA) is 17.1 Å². The fourth-order valence-electron chi connectivity index (χ4n) is 2.19. The number of hydrogen-bond donors (Lipinski definition) is 0. The van der Waals surface area contributed by atoms with E-state index in [1.165, 1.54) is 16.7 Å². The Labute approximate surface area is 125 Å². The summed E-state index contributed by atoms with van der Waals surface area (Å²) in [5.74, 6) is 0.699. The molecule has 20 heavy (non-hydrogen) atoms. The molecule has 0 saturated carbocycles. The Morgan fingerprint density at radius 2 is 1.75 bits per heavy atom. The van der Waals surface area contributed by atoms with Crippen molar-refractivity contribution in [1.29, 1.82) is 0 Å². The zero-order valence-electron chi connectivity index (χ0n) is 12.5. The number of thioether (sulfide) groups is 1. The molecule has 0 fully saturated rings. The van der Waals surface area contributed by atoms with Gasteiger partial charge in [-0.15, -0.1) is 11.8 Å². The number of aryl methyl sites for hydroxylation is 2. The summed E-state index contributed by atoms with van der Waals surface area (Å²) in [4.78, 5) is 13.5. The third kappa shape index (κ3) is 3.31. The Morgan fingerprint density at radius 3 is 2.45 bits per heavy atom. The van der Waals surface area contributed by atoms with E-state index in [0.29, 0.717) is 5.75 Å². The summed E-state index contributed by atoms with van der Waals surface area (Å²) < 4.78 is 0. The zero-order valence-corrected chi connectivity index (χ0v) is 13.3. The minimum absolute atomic E-state index is 0.206. The summed E-state index contributed by atoms with van der Waals surface area (Å²) in [6.07, 6.45) is 0. The number of carbonyl (C=O) groups is 1. The minimum atomic E-state index is 0.206. The van der Waals surface area contributed by atoms with Crippen molar-refractivity contribution >= 4 is 17.5 Å². The van der Waals surface area contributed by atoms with Crippen molar-refractivity contribution in [3.8, 4) is 0 Å². The van der Waals surface area contributed by atoms with Crippen molar-refractivity contribution in [2.75, 3.05) is 5.75 Å². The van der Waals surface area contributed by atoms with Gasteiger partial charge in [0.2, 0.25) is 0 Å². The molecule has 2 heteroatoms. The summed E-state index contributed by atoms with van der Waals surface area (Å²) in [7, 11) is 0. The van der Waals surface area contributed by atoms with E-state index in [1.807, 2.05) is 25.1 Å². The average molecular weight is 284 g/mol. The molecule has 0 unspecified atom stereocenters. The van der Waals surface area contributed by atoms with Gasteiger partial charge in [-0.25, -0.2) is 0 Å². The van der Waals surface area contributed by atoms with E-state index in [2.05, 4.69) is 39.0 Å². The second-order valence-corrected chi connectivity index (χ2v) is 6.26. The van der Waals surface area contributed by atoms with Crippen molar-refractivity contribution in [3.05, 3.63) is 64.2 Å². The quantitative estimate of drug-likeness (QED) is 0.587. The number of hydrogen-bond acceptors (Lipinski definition) is 2. The molecular formula is C18H20OS. The normalized spacial score (nSPS) is 10.6. The highest BCUT2D eigenvalue weighted by atomic mass is 32.2. The van der Waals surface area contributed by atoms with Gasteiger partial charge in [0, 0.05) is 10.5 Å². The van der Waals surface area contributed by atoms with Crippen LogP contribution in [-0.4, -0.2) is 11.5 Å². The second-order valence-electron chi connectivity index (χ2n) is 5.21. The van der Waals surface area contributed by atoms with E-state index in [1.54, 1.807) is 11.8 Å². The molecule has 0 aliphatic carbocycles. The number of ketones is 1. The number of Topliss-reactive ketones (excluding diaryl/α,β-unsaturated/α-hetero) is 1. The van der Waals surface area contributed by atoms with Crippen molar-refractivity contribution in [2.45, 2.75) is 32.6 Å². The average Bonchev–Trinajstić information content (AvgIpc) is 2.42. The fourth-order valence-corrected chi connectivity index (χ4v) is 3.09. The number of benzene rings is 2. The first-order valence-corrected chi connectivity index (χ1v) is 7.77. The Morgan fingerprint density at radius 1 is 1.00 bits per heavy atom. The first-order chi connectivity index (χ1) is 9.49. The molecule has 1 nitrogen and oxygen atoms in total. The highest BCUT2D eigenvalue weighted by Crippen LogP contribution is 2.23. The van der Waals surface area contributed by atoms with E-state index in [0.717, 1.165) is 16.0 Å². The lowest BCUT2D eigenvalue weighted by atomic mass is 9.97. The minimum Gasteiger partial charge on any atom is -0.293 e.